The Morgan fingerprint density at radius 3 is 2.39 bits per heavy atom. The number of rotatable bonds is 6. The average molecular weight is 496 g/mol. The lowest BCUT2D eigenvalue weighted by atomic mass is 9.81. The minimum Gasteiger partial charge on any atom is -0.362 e. The largest absolute Gasteiger partial charge is 0.362 e. The molecule has 2 aromatic heterocycles. The number of aromatic nitrogens is 3. The van der Waals surface area contributed by atoms with E-state index < -0.39 is 0 Å². The van der Waals surface area contributed by atoms with E-state index in [0.717, 1.165) is 40.1 Å². The molecular weight excluding hydrogens is 450 g/mol. The Labute approximate surface area is 217 Å². The predicted molar refractivity (Wildman–Crippen MR) is 151 cm³/mol. The third-order valence-electron chi connectivity index (χ3n) is 6.54. The molecule has 1 fully saturated rings. The van der Waals surface area contributed by atoms with Gasteiger partial charge < -0.3 is 9.47 Å². The standard InChI is InChI=1S/C11H13N3.C10H20.C8H12N2O2/c1-8-12-10-7-5-4-6-9(10)11(13-8)14(2)3;1-3-4-10-7-5-9(2)6-8-10;1-6(11)8-4-7(9-12-3)5-10(8)2/h4-7H,1-3H3;9-10H,3-8H2,1-2H3;4-5,9H,1-3H3. The van der Waals surface area contributed by atoms with Crippen molar-refractivity contribution in [1.29, 1.82) is 0 Å². The molecule has 198 valence electrons. The summed E-state index contributed by atoms with van der Waals surface area (Å²) in [5.41, 5.74) is 5.10. The van der Waals surface area contributed by atoms with Gasteiger partial charge in [-0.2, -0.15) is 0 Å². The number of benzene rings is 1. The van der Waals surface area contributed by atoms with Gasteiger partial charge in [0.2, 0.25) is 0 Å². The smallest absolute Gasteiger partial charge is 0.176 e. The van der Waals surface area contributed by atoms with E-state index in [4.69, 9.17) is 4.84 Å². The van der Waals surface area contributed by atoms with Crippen molar-refractivity contribution in [3.63, 3.8) is 0 Å². The summed E-state index contributed by atoms with van der Waals surface area (Å²) in [4.78, 5) is 26.5. The van der Waals surface area contributed by atoms with Gasteiger partial charge in [-0.05, 0) is 37.0 Å². The first-order chi connectivity index (χ1) is 17.2. The summed E-state index contributed by atoms with van der Waals surface area (Å²) < 4.78 is 1.75. The van der Waals surface area contributed by atoms with E-state index in [9.17, 15) is 4.79 Å². The molecule has 0 aliphatic heterocycles. The quantitative estimate of drug-likeness (QED) is 0.299. The van der Waals surface area contributed by atoms with Crippen LogP contribution in [0.2, 0.25) is 0 Å². The van der Waals surface area contributed by atoms with Crippen LogP contribution in [0.1, 0.15) is 75.6 Å². The number of hydrogen-bond donors (Lipinski definition) is 1. The second-order valence-electron chi connectivity index (χ2n) is 10.0. The van der Waals surface area contributed by atoms with Crippen molar-refractivity contribution in [1.82, 2.24) is 14.5 Å². The fourth-order valence-corrected chi connectivity index (χ4v) is 4.63. The van der Waals surface area contributed by atoms with Gasteiger partial charge in [0.05, 0.1) is 24.0 Å². The van der Waals surface area contributed by atoms with Gasteiger partial charge in [0.15, 0.2) is 5.78 Å². The van der Waals surface area contributed by atoms with Crippen LogP contribution in [0.4, 0.5) is 11.5 Å². The molecule has 1 aromatic carbocycles. The molecule has 0 amide bonds. The number of ketones is 1. The van der Waals surface area contributed by atoms with E-state index in [-0.39, 0.29) is 5.78 Å². The van der Waals surface area contributed by atoms with E-state index >= 15 is 0 Å². The summed E-state index contributed by atoms with van der Waals surface area (Å²) in [7, 11) is 7.33. The summed E-state index contributed by atoms with van der Waals surface area (Å²) in [5, 5.41) is 1.10. The first-order valence-corrected chi connectivity index (χ1v) is 13.0. The van der Waals surface area contributed by atoms with E-state index in [2.05, 4.69) is 29.3 Å². The zero-order valence-electron chi connectivity index (χ0n) is 23.5. The van der Waals surface area contributed by atoms with E-state index in [1.165, 1.54) is 52.6 Å². The lowest BCUT2D eigenvalue weighted by Gasteiger charge is -2.25. The molecule has 3 aromatic rings. The van der Waals surface area contributed by atoms with Gasteiger partial charge in [-0.3, -0.25) is 15.1 Å². The number of carbonyl (C=O) groups excluding carboxylic acids is 1. The van der Waals surface area contributed by atoms with Crippen LogP contribution in [0, 0.1) is 18.8 Å². The van der Waals surface area contributed by atoms with Crippen LogP contribution >= 0.6 is 0 Å². The summed E-state index contributed by atoms with van der Waals surface area (Å²) in [6.45, 7) is 8.14. The lowest BCUT2D eigenvalue weighted by Crippen LogP contribution is -2.12. The molecule has 1 aliphatic carbocycles. The highest BCUT2D eigenvalue weighted by Gasteiger charge is 2.16. The topological polar surface area (TPSA) is 72.3 Å². The van der Waals surface area contributed by atoms with Crippen molar-refractivity contribution in [2.45, 2.75) is 66.2 Å². The molecule has 0 saturated heterocycles. The van der Waals surface area contributed by atoms with Crippen LogP contribution in [0.15, 0.2) is 36.5 Å². The number of Topliss-reactive ketones (excluding diaryl/α,β-unsaturated/α-hetero) is 1. The molecule has 0 unspecified atom stereocenters. The van der Waals surface area contributed by atoms with Crippen molar-refractivity contribution >= 4 is 28.2 Å². The molecule has 2 heterocycles. The Hall–Kier alpha value is -2.93. The van der Waals surface area contributed by atoms with Gasteiger partial charge in [0, 0.05) is 39.6 Å². The Balaban J connectivity index is 0.000000193. The molecule has 4 rings (SSSR count). The highest BCUT2D eigenvalue weighted by atomic mass is 16.6. The number of para-hydroxylation sites is 1. The molecule has 1 aliphatic rings. The minimum absolute atomic E-state index is 0.0432. The van der Waals surface area contributed by atoms with Gasteiger partial charge in [-0.1, -0.05) is 64.5 Å². The number of hydrogen-bond acceptors (Lipinski definition) is 6. The SMILES string of the molecule is CCCC1CCC(C)CC1.CONc1cc(C(C)=O)n(C)c1.Cc1nc(N(C)C)c2ccccc2n1. The number of nitrogens with one attached hydrogen (secondary N) is 1. The average Bonchev–Trinajstić information content (AvgIpc) is 3.21. The molecule has 7 nitrogen and oxygen atoms in total. The Bertz CT molecular complexity index is 1080. The molecule has 0 spiro atoms. The summed E-state index contributed by atoms with van der Waals surface area (Å²) in [5.74, 6) is 3.94. The number of nitrogens with zero attached hydrogens (tertiary/aromatic N) is 4. The monoisotopic (exact) mass is 495 g/mol. The molecule has 0 bridgehead atoms. The molecular formula is C29H45N5O2. The van der Waals surface area contributed by atoms with E-state index in [1.807, 2.05) is 57.2 Å². The fourth-order valence-electron chi connectivity index (χ4n) is 4.63. The maximum absolute atomic E-state index is 11.0. The molecule has 0 radical (unpaired) electrons. The molecule has 1 N–H and O–H groups in total. The molecule has 7 heteroatoms. The normalized spacial score (nSPS) is 16.9. The van der Waals surface area contributed by atoms with Gasteiger partial charge >= 0.3 is 0 Å². The summed E-state index contributed by atoms with van der Waals surface area (Å²) >= 11 is 0. The summed E-state index contributed by atoms with van der Waals surface area (Å²) in [6, 6.07) is 9.80. The van der Waals surface area contributed by atoms with Crippen LogP contribution < -0.4 is 10.4 Å². The third kappa shape index (κ3) is 8.94. The second-order valence-corrected chi connectivity index (χ2v) is 10.0. The first kappa shape index (κ1) is 29.3. The summed E-state index contributed by atoms with van der Waals surface area (Å²) in [6.07, 6.45) is 10.7. The van der Waals surface area contributed by atoms with Gasteiger partial charge in [-0.25, -0.2) is 9.97 Å². The first-order valence-electron chi connectivity index (χ1n) is 13.0. The van der Waals surface area contributed by atoms with E-state index in [1.54, 1.807) is 16.8 Å². The minimum atomic E-state index is 0.0432. The lowest BCUT2D eigenvalue weighted by molar-refractivity contribution is 0.101. The van der Waals surface area contributed by atoms with Crippen molar-refractivity contribution in [3.8, 4) is 0 Å². The second kappa shape index (κ2) is 14.6. The van der Waals surface area contributed by atoms with Crippen molar-refractivity contribution < 1.29 is 9.63 Å². The van der Waals surface area contributed by atoms with Crippen LogP contribution in [0.3, 0.4) is 0 Å². The van der Waals surface area contributed by atoms with Crippen molar-refractivity contribution in [2.75, 3.05) is 31.6 Å². The number of fused-ring (bicyclic) bond motifs is 1. The molecule has 1 saturated carbocycles. The Morgan fingerprint density at radius 1 is 1.17 bits per heavy atom. The van der Waals surface area contributed by atoms with E-state index in [0.29, 0.717) is 5.69 Å². The van der Waals surface area contributed by atoms with Gasteiger partial charge in [0.1, 0.15) is 11.6 Å². The number of anilines is 2. The molecule has 36 heavy (non-hydrogen) atoms. The highest BCUT2D eigenvalue weighted by molar-refractivity contribution is 5.93. The predicted octanol–water partition coefficient (Wildman–Crippen LogP) is 6.82. The Kier molecular flexibility index (Phi) is 11.9. The number of aryl methyl sites for hydroxylation is 2. The number of carbonyl (C=O) groups is 1. The van der Waals surface area contributed by atoms with Crippen LogP contribution in [-0.4, -0.2) is 41.5 Å². The zero-order chi connectivity index (χ0) is 26.7. The fraction of sp³-hybridized carbons (Fsp3) is 0.552. The maximum atomic E-state index is 11.0. The Morgan fingerprint density at radius 2 is 1.83 bits per heavy atom. The van der Waals surface area contributed by atoms with Gasteiger partial charge in [0.25, 0.3) is 0 Å². The van der Waals surface area contributed by atoms with Crippen LogP contribution in [0.25, 0.3) is 10.9 Å². The van der Waals surface area contributed by atoms with Crippen LogP contribution in [0.5, 0.6) is 0 Å². The molecule has 0 atom stereocenters. The van der Waals surface area contributed by atoms with Gasteiger partial charge in [-0.15, -0.1) is 0 Å². The highest BCUT2D eigenvalue weighted by Crippen LogP contribution is 2.30. The van der Waals surface area contributed by atoms with Crippen molar-refractivity contribution in [3.05, 3.63) is 48.0 Å². The zero-order valence-corrected chi connectivity index (χ0v) is 23.5. The maximum Gasteiger partial charge on any atom is 0.176 e. The van der Waals surface area contributed by atoms with Crippen molar-refractivity contribution in [2.24, 2.45) is 18.9 Å². The third-order valence-corrected chi connectivity index (χ3v) is 6.54. The van der Waals surface area contributed by atoms with Crippen LogP contribution in [-0.2, 0) is 11.9 Å².